The summed E-state index contributed by atoms with van der Waals surface area (Å²) in [4.78, 5) is 90.5. The first-order valence-corrected chi connectivity index (χ1v) is 19.1. The van der Waals surface area contributed by atoms with Crippen LogP contribution in [0.4, 0.5) is 4.79 Å². The Kier molecular flexibility index (Phi) is 15.6. The molecule has 1 aromatic rings. The number of imide groups is 1. The molecule has 3 aliphatic rings. The molecular formula is C39H56N6O10. The van der Waals surface area contributed by atoms with Crippen LogP contribution in [0.1, 0.15) is 83.8 Å². The number of amides is 6. The van der Waals surface area contributed by atoms with Gasteiger partial charge in [0.25, 0.3) is 11.8 Å². The molecule has 3 heterocycles. The molecule has 55 heavy (non-hydrogen) atoms. The SMILES string of the molecule is CC(C)[C@@H](CC(=O)C1OC2OC(C)(C)OC2C1NC(=O)CCCCCN1C(=O)C=CC1=O)C(=O)NC(CCCNC(N)=O)C(=O)Cc1ccc(CCN)cc1. The molecule has 6 atom stereocenters. The second-order valence-corrected chi connectivity index (χ2v) is 15.1. The van der Waals surface area contributed by atoms with E-state index in [0.717, 1.165) is 16.0 Å². The normalized spacial score (nSPS) is 22.4. The molecule has 0 bridgehead atoms. The molecule has 4 rings (SSSR count). The summed E-state index contributed by atoms with van der Waals surface area (Å²) in [5, 5.41) is 8.28. The third-order valence-electron chi connectivity index (χ3n) is 9.95. The predicted molar refractivity (Wildman–Crippen MR) is 200 cm³/mol. The maximum atomic E-state index is 14.0. The van der Waals surface area contributed by atoms with Gasteiger partial charge in [-0.3, -0.25) is 33.7 Å². The lowest BCUT2D eigenvalue weighted by atomic mass is 9.86. The fourth-order valence-electron chi connectivity index (χ4n) is 6.97. The number of nitrogens with one attached hydrogen (secondary N) is 3. The summed E-state index contributed by atoms with van der Waals surface area (Å²) in [6, 6.07) is 5.05. The van der Waals surface area contributed by atoms with Crippen LogP contribution in [0, 0.1) is 11.8 Å². The average molecular weight is 769 g/mol. The van der Waals surface area contributed by atoms with E-state index in [0.29, 0.717) is 38.6 Å². The number of hydrogen-bond acceptors (Lipinski definition) is 11. The van der Waals surface area contributed by atoms with Crippen molar-refractivity contribution in [2.45, 2.75) is 122 Å². The Balaban J connectivity index is 1.39. The van der Waals surface area contributed by atoms with Crippen LogP contribution >= 0.6 is 0 Å². The summed E-state index contributed by atoms with van der Waals surface area (Å²) in [5.41, 5.74) is 12.7. The summed E-state index contributed by atoms with van der Waals surface area (Å²) in [7, 11) is 0. The number of nitrogens with zero attached hydrogens (tertiary/aromatic N) is 1. The number of carbonyl (C=O) groups excluding carboxylic acids is 7. The number of benzene rings is 1. The van der Waals surface area contributed by atoms with Crippen molar-refractivity contribution < 1.29 is 47.8 Å². The zero-order valence-electron chi connectivity index (χ0n) is 32.2. The Labute approximate surface area is 321 Å². The number of nitrogens with two attached hydrogens (primary N) is 2. The van der Waals surface area contributed by atoms with E-state index in [1.807, 2.05) is 24.3 Å². The zero-order chi connectivity index (χ0) is 40.3. The highest BCUT2D eigenvalue weighted by molar-refractivity contribution is 6.12. The summed E-state index contributed by atoms with van der Waals surface area (Å²) < 4.78 is 18.0. The second kappa shape index (κ2) is 19.9. The highest BCUT2D eigenvalue weighted by Crippen LogP contribution is 2.38. The van der Waals surface area contributed by atoms with Crippen molar-refractivity contribution >= 4 is 41.2 Å². The first kappa shape index (κ1) is 43.2. The summed E-state index contributed by atoms with van der Waals surface area (Å²) in [6.45, 7) is 7.99. The van der Waals surface area contributed by atoms with Gasteiger partial charge in [-0.2, -0.15) is 0 Å². The van der Waals surface area contributed by atoms with Crippen molar-refractivity contribution in [2.24, 2.45) is 23.3 Å². The highest BCUT2D eigenvalue weighted by Gasteiger charge is 2.57. The van der Waals surface area contributed by atoms with Crippen molar-refractivity contribution in [3.05, 3.63) is 47.5 Å². The Morgan fingerprint density at radius 1 is 0.927 bits per heavy atom. The third kappa shape index (κ3) is 12.5. The van der Waals surface area contributed by atoms with Crippen LogP contribution in [-0.2, 0) is 55.8 Å². The molecule has 0 saturated carbocycles. The minimum atomic E-state index is -1.16. The highest BCUT2D eigenvalue weighted by atomic mass is 16.8. The minimum Gasteiger partial charge on any atom is -0.352 e. The fourth-order valence-corrected chi connectivity index (χ4v) is 6.97. The van der Waals surface area contributed by atoms with Crippen LogP contribution in [-0.4, -0.2) is 102 Å². The fraction of sp³-hybridized carbons (Fsp3) is 0.615. The molecule has 302 valence electrons. The van der Waals surface area contributed by atoms with Gasteiger partial charge in [0.15, 0.2) is 23.6 Å². The van der Waals surface area contributed by atoms with Crippen LogP contribution in [0.25, 0.3) is 0 Å². The van der Waals surface area contributed by atoms with E-state index in [1.54, 1.807) is 27.7 Å². The van der Waals surface area contributed by atoms with Gasteiger partial charge >= 0.3 is 6.03 Å². The number of ether oxygens (including phenoxy) is 3. The smallest absolute Gasteiger partial charge is 0.312 e. The number of fused-ring (bicyclic) bond motifs is 1. The summed E-state index contributed by atoms with van der Waals surface area (Å²) >= 11 is 0. The molecule has 16 nitrogen and oxygen atoms in total. The first-order chi connectivity index (χ1) is 26.1. The maximum Gasteiger partial charge on any atom is 0.312 e. The topological polar surface area (TPSA) is 239 Å². The van der Waals surface area contributed by atoms with Crippen molar-refractivity contribution in [3.63, 3.8) is 0 Å². The van der Waals surface area contributed by atoms with Crippen LogP contribution < -0.4 is 27.4 Å². The van der Waals surface area contributed by atoms with Crippen LogP contribution in [0.15, 0.2) is 36.4 Å². The van der Waals surface area contributed by atoms with E-state index in [1.165, 1.54) is 12.2 Å². The Hall–Kier alpha value is -4.51. The number of carbonyl (C=O) groups is 7. The predicted octanol–water partition coefficient (Wildman–Crippen LogP) is 1.31. The lowest BCUT2D eigenvalue weighted by molar-refractivity contribution is -0.208. The van der Waals surface area contributed by atoms with Gasteiger partial charge in [-0.15, -0.1) is 0 Å². The van der Waals surface area contributed by atoms with Gasteiger partial charge < -0.3 is 41.6 Å². The molecule has 2 fully saturated rings. The summed E-state index contributed by atoms with van der Waals surface area (Å²) in [5.74, 6) is -4.36. The number of rotatable bonds is 22. The van der Waals surface area contributed by atoms with Crippen molar-refractivity contribution in [2.75, 3.05) is 19.6 Å². The molecule has 3 aliphatic heterocycles. The van der Waals surface area contributed by atoms with E-state index >= 15 is 0 Å². The number of Topliss-reactive ketones (excluding diaryl/α,β-unsaturated/α-hetero) is 2. The van der Waals surface area contributed by atoms with Gasteiger partial charge in [-0.25, -0.2) is 4.79 Å². The second-order valence-electron chi connectivity index (χ2n) is 15.1. The van der Waals surface area contributed by atoms with Gasteiger partial charge in [0.2, 0.25) is 11.8 Å². The zero-order valence-corrected chi connectivity index (χ0v) is 32.2. The van der Waals surface area contributed by atoms with E-state index in [2.05, 4.69) is 16.0 Å². The monoisotopic (exact) mass is 768 g/mol. The molecule has 7 N–H and O–H groups in total. The van der Waals surface area contributed by atoms with Gasteiger partial charge in [0, 0.05) is 50.4 Å². The molecule has 0 radical (unpaired) electrons. The standard InChI is InChI=1S/C39H56N6O10/c1-23(2)26(36(51)43-27(9-8-19-42-38(41)52)28(46)21-25-13-11-24(12-14-25)17-18-40)22-29(47)34-33(35-37(53-34)55-39(3,4)54-35)44-30(48)10-6-5-7-20-45-31(49)15-16-32(45)50/h11-16,23,26-27,33-35,37H,5-10,17-22,40H2,1-4H3,(H,43,51)(H,44,48)(H3,41,42,52)/t26-,27?,33?,34?,35?,37?/m1/s1. The Bertz CT molecular complexity index is 1580. The van der Waals surface area contributed by atoms with E-state index < -0.39 is 60.0 Å². The van der Waals surface area contributed by atoms with Crippen molar-refractivity contribution in [1.29, 1.82) is 0 Å². The minimum absolute atomic E-state index is 0.0636. The van der Waals surface area contributed by atoms with Crippen molar-refractivity contribution in [3.8, 4) is 0 Å². The molecule has 0 aliphatic carbocycles. The van der Waals surface area contributed by atoms with Gasteiger partial charge in [-0.1, -0.05) is 44.5 Å². The van der Waals surface area contributed by atoms with Crippen LogP contribution in [0.5, 0.6) is 0 Å². The molecule has 16 heteroatoms. The number of primary amides is 1. The third-order valence-corrected chi connectivity index (χ3v) is 9.95. The molecule has 2 saturated heterocycles. The molecular weight excluding hydrogens is 712 g/mol. The van der Waals surface area contributed by atoms with Crippen molar-refractivity contribution in [1.82, 2.24) is 20.9 Å². The summed E-state index contributed by atoms with van der Waals surface area (Å²) in [6.07, 6.45) is 2.45. The van der Waals surface area contributed by atoms with Gasteiger partial charge in [0.05, 0.1) is 12.1 Å². The average Bonchev–Trinajstić information content (AvgIpc) is 3.73. The van der Waals surface area contributed by atoms with Gasteiger partial charge in [0.1, 0.15) is 12.2 Å². The maximum absolute atomic E-state index is 14.0. The van der Waals surface area contributed by atoms with E-state index in [4.69, 9.17) is 25.7 Å². The van der Waals surface area contributed by atoms with Crippen LogP contribution in [0.3, 0.4) is 0 Å². The lowest BCUT2D eigenvalue weighted by Crippen LogP contribution is -2.51. The molecule has 0 spiro atoms. The first-order valence-electron chi connectivity index (χ1n) is 19.1. The van der Waals surface area contributed by atoms with Crippen LogP contribution in [0.2, 0.25) is 0 Å². The lowest BCUT2D eigenvalue weighted by Gasteiger charge is -2.28. The Morgan fingerprint density at radius 3 is 2.24 bits per heavy atom. The molecule has 6 amide bonds. The largest absolute Gasteiger partial charge is 0.352 e. The Morgan fingerprint density at radius 2 is 1.60 bits per heavy atom. The van der Waals surface area contributed by atoms with E-state index in [9.17, 15) is 33.6 Å². The number of unbranched alkanes of at least 4 members (excludes halogenated alkanes) is 2. The van der Waals surface area contributed by atoms with E-state index in [-0.39, 0.29) is 68.2 Å². The number of urea groups is 1. The number of hydrogen-bond donors (Lipinski definition) is 5. The molecule has 5 unspecified atom stereocenters. The number of ketones is 2. The van der Waals surface area contributed by atoms with Gasteiger partial charge in [-0.05, 0) is 69.5 Å². The quantitative estimate of drug-likeness (QED) is 0.0833. The molecule has 0 aromatic heterocycles. The molecule has 1 aromatic carbocycles.